The van der Waals surface area contributed by atoms with Gasteiger partial charge in [0, 0.05) is 18.5 Å². The molecule has 0 fully saturated rings. The fourth-order valence-electron chi connectivity index (χ4n) is 2.25. The number of pyridine rings is 2. The van der Waals surface area contributed by atoms with E-state index in [2.05, 4.69) is 35.5 Å². The number of hydrogen-bond acceptors (Lipinski definition) is 8. The van der Waals surface area contributed by atoms with Crippen LogP contribution in [-0.4, -0.2) is 37.2 Å². The van der Waals surface area contributed by atoms with Crippen molar-refractivity contribution >= 4 is 23.0 Å². The van der Waals surface area contributed by atoms with E-state index in [1.54, 1.807) is 31.6 Å². The van der Waals surface area contributed by atoms with Crippen LogP contribution in [0.4, 0.5) is 12.0 Å². The molecule has 120 valence electrons. The fraction of sp³-hybridized carbons (Fsp3) is 0.133. The van der Waals surface area contributed by atoms with Crippen LogP contribution in [0.2, 0.25) is 0 Å². The van der Waals surface area contributed by atoms with Crippen molar-refractivity contribution in [1.29, 1.82) is 0 Å². The standard InChI is InChI=1S/C15H13N7O2/c1-8-12-10(5-6-16-8)18-14(19-12)20-15-22-21-13(24-15)9-3-4-11(23-2)17-7-9/h3-7H,1-2H3,(H2,18,19,20,22). The SMILES string of the molecule is COc1ccc(-c2nnc(Nc3nc4c(C)nccc4[nH]3)o2)cn1. The van der Waals surface area contributed by atoms with Gasteiger partial charge in [0.25, 0.3) is 5.89 Å². The van der Waals surface area contributed by atoms with Gasteiger partial charge in [0.15, 0.2) is 0 Å². The van der Waals surface area contributed by atoms with Crippen LogP contribution in [0.5, 0.6) is 5.88 Å². The Morgan fingerprint density at radius 2 is 2.08 bits per heavy atom. The van der Waals surface area contributed by atoms with Crippen LogP contribution in [0.3, 0.4) is 0 Å². The summed E-state index contributed by atoms with van der Waals surface area (Å²) in [4.78, 5) is 15.9. The molecule has 24 heavy (non-hydrogen) atoms. The Morgan fingerprint density at radius 1 is 1.17 bits per heavy atom. The van der Waals surface area contributed by atoms with E-state index in [1.165, 1.54) is 0 Å². The molecule has 0 aliphatic heterocycles. The zero-order valence-electron chi connectivity index (χ0n) is 12.9. The molecule has 0 atom stereocenters. The molecule has 0 amide bonds. The minimum Gasteiger partial charge on any atom is -0.481 e. The van der Waals surface area contributed by atoms with Crippen molar-refractivity contribution in [2.24, 2.45) is 0 Å². The van der Waals surface area contributed by atoms with E-state index >= 15 is 0 Å². The number of aryl methyl sites for hydroxylation is 1. The maximum Gasteiger partial charge on any atom is 0.322 e. The number of nitrogens with zero attached hydrogens (tertiary/aromatic N) is 5. The summed E-state index contributed by atoms with van der Waals surface area (Å²) in [7, 11) is 1.56. The van der Waals surface area contributed by atoms with Crippen LogP contribution >= 0.6 is 0 Å². The highest BCUT2D eigenvalue weighted by molar-refractivity contribution is 5.79. The van der Waals surface area contributed by atoms with Gasteiger partial charge in [-0.1, -0.05) is 5.10 Å². The molecule has 0 aliphatic carbocycles. The highest BCUT2D eigenvalue weighted by Crippen LogP contribution is 2.23. The van der Waals surface area contributed by atoms with E-state index in [0.29, 0.717) is 23.3 Å². The number of fused-ring (bicyclic) bond motifs is 1. The van der Waals surface area contributed by atoms with Gasteiger partial charge < -0.3 is 14.1 Å². The molecular formula is C15H13N7O2. The van der Waals surface area contributed by atoms with Crippen LogP contribution in [-0.2, 0) is 0 Å². The number of H-pyrrole nitrogens is 1. The Kier molecular flexibility index (Phi) is 3.30. The number of hydrogen-bond donors (Lipinski definition) is 2. The molecule has 0 saturated carbocycles. The van der Waals surface area contributed by atoms with E-state index in [0.717, 1.165) is 16.7 Å². The largest absolute Gasteiger partial charge is 0.481 e. The molecule has 0 aliphatic rings. The summed E-state index contributed by atoms with van der Waals surface area (Å²) in [6.45, 7) is 1.90. The van der Waals surface area contributed by atoms with Crippen LogP contribution in [0.15, 0.2) is 35.0 Å². The molecule has 4 aromatic heterocycles. The zero-order chi connectivity index (χ0) is 16.5. The number of nitrogens with one attached hydrogen (secondary N) is 2. The minimum absolute atomic E-state index is 0.227. The quantitative estimate of drug-likeness (QED) is 0.588. The van der Waals surface area contributed by atoms with Gasteiger partial charge in [-0.15, -0.1) is 5.10 Å². The van der Waals surface area contributed by atoms with Crippen molar-refractivity contribution < 1.29 is 9.15 Å². The maximum atomic E-state index is 5.58. The maximum absolute atomic E-state index is 5.58. The second-order valence-electron chi connectivity index (χ2n) is 5.00. The van der Waals surface area contributed by atoms with Crippen molar-refractivity contribution in [2.45, 2.75) is 6.92 Å². The third kappa shape index (κ3) is 2.51. The van der Waals surface area contributed by atoms with Crippen molar-refractivity contribution in [3.05, 3.63) is 36.3 Å². The van der Waals surface area contributed by atoms with E-state index in [1.807, 2.05) is 13.0 Å². The topological polar surface area (TPSA) is 115 Å². The first-order valence-corrected chi connectivity index (χ1v) is 7.15. The van der Waals surface area contributed by atoms with E-state index in [-0.39, 0.29) is 6.01 Å². The second kappa shape index (κ2) is 5.61. The van der Waals surface area contributed by atoms with Crippen molar-refractivity contribution in [3.63, 3.8) is 0 Å². The van der Waals surface area contributed by atoms with Crippen molar-refractivity contribution in [2.75, 3.05) is 12.4 Å². The van der Waals surface area contributed by atoms with E-state index in [9.17, 15) is 0 Å². The molecule has 0 bridgehead atoms. The molecule has 9 nitrogen and oxygen atoms in total. The van der Waals surface area contributed by atoms with Crippen LogP contribution < -0.4 is 10.1 Å². The summed E-state index contributed by atoms with van der Waals surface area (Å²) in [5.41, 5.74) is 3.21. The average molecular weight is 323 g/mol. The Morgan fingerprint density at radius 3 is 2.83 bits per heavy atom. The Bertz CT molecular complexity index is 991. The molecule has 0 spiro atoms. The predicted octanol–water partition coefficient (Wildman–Crippen LogP) is 2.46. The number of rotatable bonds is 4. The molecule has 2 N–H and O–H groups in total. The summed E-state index contributed by atoms with van der Waals surface area (Å²) in [5, 5.41) is 10.9. The molecule has 0 radical (unpaired) electrons. The Hall–Kier alpha value is -3.49. The minimum atomic E-state index is 0.227. The normalized spacial score (nSPS) is 10.9. The van der Waals surface area contributed by atoms with Gasteiger partial charge in [-0.3, -0.25) is 10.3 Å². The van der Waals surface area contributed by atoms with Crippen LogP contribution in [0.1, 0.15) is 5.69 Å². The molecule has 0 unspecified atom stereocenters. The van der Waals surface area contributed by atoms with Gasteiger partial charge in [-0.05, 0) is 19.1 Å². The van der Waals surface area contributed by atoms with Crippen molar-refractivity contribution in [1.82, 2.24) is 30.1 Å². The third-order valence-corrected chi connectivity index (χ3v) is 3.43. The summed E-state index contributed by atoms with van der Waals surface area (Å²) in [6, 6.07) is 5.59. The number of ether oxygens (including phenoxy) is 1. The summed E-state index contributed by atoms with van der Waals surface area (Å²) < 4.78 is 10.6. The lowest BCUT2D eigenvalue weighted by Crippen LogP contribution is -1.92. The highest BCUT2D eigenvalue weighted by atomic mass is 16.5. The smallest absolute Gasteiger partial charge is 0.322 e. The lowest BCUT2D eigenvalue weighted by molar-refractivity contribution is 0.398. The van der Waals surface area contributed by atoms with Gasteiger partial charge in [0.2, 0.25) is 11.8 Å². The predicted molar refractivity (Wildman–Crippen MR) is 86.0 cm³/mol. The summed E-state index contributed by atoms with van der Waals surface area (Å²) in [6.07, 6.45) is 3.33. The Balaban J connectivity index is 1.58. The molecular weight excluding hydrogens is 310 g/mol. The van der Waals surface area contributed by atoms with Crippen molar-refractivity contribution in [3.8, 4) is 17.3 Å². The third-order valence-electron chi connectivity index (χ3n) is 3.43. The molecule has 4 aromatic rings. The van der Waals surface area contributed by atoms with Crippen LogP contribution in [0.25, 0.3) is 22.5 Å². The van der Waals surface area contributed by atoms with Gasteiger partial charge in [-0.25, -0.2) is 9.97 Å². The summed E-state index contributed by atoms with van der Waals surface area (Å²) >= 11 is 0. The number of imidazole rings is 1. The van der Waals surface area contributed by atoms with Gasteiger partial charge >= 0.3 is 6.01 Å². The fourth-order valence-corrected chi connectivity index (χ4v) is 2.25. The zero-order valence-corrected chi connectivity index (χ0v) is 12.9. The first-order chi connectivity index (χ1) is 11.7. The van der Waals surface area contributed by atoms with E-state index < -0.39 is 0 Å². The van der Waals surface area contributed by atoms with E-state index in [4.69, 9.17) is 9.15 Å². The first-order valence-electron chi connectivity index (χ1n) is 7.15. The lowest BCUT2D eigenvalue weighted by atomic mass is 10.3. The summed E-state index contributed by atoms with van der Waals surface area (Å²) in [5.74, 6) is 1.37. The van der Waals surface area contributed by atoms with Crippen LogP contribution in [0, 0.1) is 6.92 Å². The number of methoxy groups -OCH3 is 1. The Labute approximate surface area is 136 Å². The van der Waals surface area contributed by atoms with Gasteiger partial charge in [0.1, 0.15) is 5.52 Å². The second-order valence-corrected chi connectivity index (χ2v) is 5.00. The molecule has 0 saturated heterocycles. The highest BCUT2D eigenvalue weighted by Gasteiger charge is 2.12. The molecule has 9 heteroatoms. The first kappa shape index (κ1) is 14.1. The average Bonchev–Trinajstić information content (AvgIpc) is 3.23. The monoisotopic (exact) mass is 323 g/mol. The number of aromatic nitrogens is 6. The molecule has 4 heterocycles. The number of anilines is 2. The molecule has 0 aromatic carbocycles. The van der Waals surface area contributed by atoms with Gasteiger partial charge in [-0.2, -0.15) is 0 Å². The number of aromatic amines is 1. The lowest BCUT2D eigenvalue weighted by Gasteiger charge is -1.98. The van der Waals surface area contributed by atoms with Gasteiger partial charge in [0.05, 0.1) is 23.9 Å². The molecule has 4 rings (SSSR count).